The summed E-state index contributed by atoms with van der Waals surface area (Å²) in [4.78, 5) is 25.9. The van der Waals surface area contributed by atoms with Crippen LogP contribution in [-0.2, 0) is 9.47 Å². The van der Waals surface area contributed by atoms with E-state index >= 15 is 0 Å². The summed E-state index contributed by atoms with van der Waals surface area (Å²) in [6.45, 7) is 13.5. The first-order valence-electron chi connectivity index (χ1n) is 12.5. The number of piperidine rings is 1. The third kappa shape index (κ3) is 6.46. The highest BCUT2D eigenvalue weighted by Crippen LogP contribution is 2.27. The molecule has 194 valence electrons. The highest BCUT2D eigenvalue weighted by Gasteiger charge is 2.29. The second kappa shape index (κ2) is 10.9. The fourth-order valence-electron chi connectivity index (χ4n) is 4.91. The number of piperazine rings is 1. The lowest BCUT2D eigenvalue weighted by Gasteiger charge is -2.41. The molecule has 0 aliphatic carbocycles. The molecule has 0 radical (unpaired) electrons. The zero-order valence-corrected chi connectivity index (χ0v) is 21.1. The zero-order chi connectivity index (χ0) is 25.0. The summed E-state index contributed by atoms with van der Waals surface area (Å²) >= 11 is 0. The minimum atomic E-state index is -0.514. The van der Waals surface area contributed by atoms with Crippen molar-refractivity contribution in [1.29, 1.82) is 0 Å². The fourth-order valence-corrected chi connectivity index (χ4v) is 4.91. The molecule has 0 bridgehead atoms. The van der Waals surface area contributed by atoms with Gasteiger partial charge in [-0.15, -0.1) is 0 Å². The van der Waals surface area contributed by atoms with Gasteiger partial charge in [0.15, 0.2) is 5.84 Å². The Morgan fingerprint density at radius 2 is 1.71 bits per heavy atom. The standard InChI is InChI=1S/C24H39N7O4/c1-24(2,3)35-23(32)31-10-8-28(9-11-31)19-16-20(22(25)27-33)26-21(17-19)30-6-4-18(5-7-30)29-12-14-34-15-13-29/h16-18,33H,4-15H2,1-3H3,(H2,25,27). The van der Waals surface area contributed by atoms with Crippen molar-refractivity contribution in [2.75, 3.05) is 75.4 Å². The van der Waals surface area contributed by atoms with Gasteiger partial charge in [0.2, 0.25) is 0 Å². The molecular formula is C24H39N7O4. The summed E-state index contributed by atoms with van der Waals surface area (Å²) in [6.07, 6.45) is 1.85. The van der Waals surface area contributed by atoms with Crippen LogP contribution in [0.2, 0.25) is 0 Å². The molecule has 0 spiro atoms. The average molecular weight is 490 g/mol. The van der Waals surface area contributed by atoms with Gasteiger partial charge in [-0.1, -0.05) is 5.16 Å². The third-order valence-corrected chi connectivity index (χ3v) is 6.81. The van der Waals surface area contributed by atoms with Gasteiger partial charge < -0.3 is 35.1 Å². The van der Waals surface area contributed by atoms with Crippen LogP contribution in [0.4, 0.5) is 16.3 Å². The van der Waals surface area contributed by atoms with Gasteiger partial charge >= 0.3 is 6.09 Å². The topological polar surface area (TPSA) is 120 Å². The smallest absolute Gasteiger partial charge is 0.410 e. The second-order valence-corrected chi connectivity index (χ2v) is 10.4. The maximum absolute atomic E-state index is 12.4. The quantitative estimate of drug-likeness (QED) is 0.281. The maximum Gasteiger partial charge on any atom is 0.410 e. The van der Waals surface area contributed by atoms with Gasteiger partial charge in [0.25, 0.3) is 0 Å². The third-order valence-electron chi connectivity index (χ3n) is 6.81. The van der Waals surface area contributed by atoms with Crippen molar-refractivity contribution in [3.05, 3.63) is 17.8 Å². The Kier molecular flexibility index (Phi) is 7.85. The number of morpholine rings is 1. The molecule has 4 heterocycles. The molecule has 3 saturated heterocycles. The SMILES string of the molecule is CC(C)(C)OC(=O)N1CCN(c2cc(/C(N)=N/O)nc(N3CCC(N4CCOCC4)CC3)c2)CC1. The van der Waals surface area contributed by atoms with E-state index in [1.54, 1.807) is 4.90 Å². The van der Waals surface area contributed by atoms with E-state index < -0.39 is 5.60 Å². The van der Waals surface area contributed by atoms with Gasteiger partial charge in [0, 0.05) is 70.2 Å². The molecule has 0 aromatic carbocycles. The van der Waals surface area contributed by atoms with Crippen molar-refractivity contribution in [3.8, 4) is 0 Å². The first kappa shape index (κ1) is 25.3. The molecule has 11 heteroatoms. The predicted molar refractivity (Wildman–Crippen MR) is 134 cm³/mol. The number of rotatable bonds is 4. The van der Waals surface area contributed by atoms with Crippen LogP contribution < -0.4 is 15.5 Å². The average Bonchev–Trinajstić information content (AvgIpc) is 2.87. The van der Waals surface area contributed by atoms with Crippen molar-refractivity contribution in [2.45, 2.75) is 45.3 Å². The Hall–Kier alpha value is -2.79. The van der Waals surface area contributed by atoms with E-state index in [0.717, 1.165) is 63.7 Å². The second-order valence-electron chi connectivity index (χ2n) is 10.4. The molecule has 3 fully saturated rings. The van der Waals surface area contributed by atoms with Crippen molar-refractivity contribution < 1.29 is 19.5 Å². The first-order valence-corrected chi connectivity index (χ1v) is 12.5. The van der Waals surface area contributed by atoms with E-state index in [9.17, 15) is 10.0 Å². The lowest BCUT2D eigenvalue weighted by atomic mass is 10.0. The lowest BCUT2D eigenvalue weighted by molar-refractivity contribution is 0.0115. The maximum atomic E-state index is 12.4. The van der Waals surface area contributed by atoms with Gasteiger partial charge in [-0.25, -0.2) is 9.78 Å². The van der Waals surface area contributed by atoms with E-state index in [-0.39, 0.29) is 11.9 Å². The Morgan fingerprint density at radius 1 is 1.06 bits per heavy atom. The van der Waals surface area contributed by atoms with Crippen molar-refractivity contribution >= 4 is 23.4 Å². The van der Waals surface area contributed by atoms with E-state index in [4.69, 9.17) is 20.2 Å². The summed E-state index contributed by atoms with van der Waals surface area (Å²) in [5, 5.41) is 12.5. The molecule has 1 aromatic heterocycles. The number of pyridine rings is 1. The number of nitrogens with two attached hydrogens (primary N) is 1. The summed E-state index contributed by atoms with van der Waals surface area (Å²) in [7, 11) is 0. The number of ether oxygens (including phenoxy) is 2. The number of anilines is 2. The normalized spacial score (nSPS) is 21.3. The van der Waals surface area contributed by atoms with Crippen LogP contribution in [0.15, 0.2) is 17.3 Å². The summed E-state index contributed by atoms with van der Waals surface area (Å²) in [5.74, 6) is 0.822. The Labute approximate surface area is 207 Å². The lowest BCUT2D eigenvalue weighted by Crippen LogP contribution is -2.50. The molecule has 3 aliphatic rings. The zero-order valence-electron chi connectivity index (χ0n) is 21.1. The number of hydrogen-bond acceptors (Lipinski definition) is 9. The van der Waals surface area contributed by atoms with Gasteiger partial charge in [0.1, 0.15) is 17.1 Å². The van der Waals surface area contributed by atoms with E-state index in [0.29, 0.717) is 37.9 Å². The fraction of sp³-hybridized carbons (Fsp3) is 0.708. The number of amides is 1. The Balaban J connectivity index is 1.44. The van der Waals surface area contributed by atoms with Gasteiger partial charge in [0.05, 0.1) is 13.2 Å². The highest BCUT2D eigenvalue weighted by atomic mass is 16.6. The molecule has 3 N–H and O–H groups in total. The molecule has 11 nitrogen and oxygen atoms in total. The van der Waals surface area contributed by atoms with E-state index in [1.807, 2.05) is 26.8 Å². The largest absolute Gasteiger partial charge is 0.444 e. The first-order chi connectivity index (χ1) is 16.7. The number of nitrogens with zero attached hydrogens (tertiary/aromatic N) is 6. The summed E-state index contributed by atoms with van der Waals surface area (Å²) in [6, 6.07) is 4.50. The molecule has 35 heavy (non-hydrogen) atoms. The van der Waals surface area contributed by atoms with Crippen LogP contribution in [-0.4, -0.2) is 109 Å². The molecule has 0 atom stereocenters. The van der Waals surface area contributed by atoms with Gasteiger partial charge in [-0.05, 0) is 39.7 Å². The monoisotopic (exact) mass is 489 g/mol. The molecule has 0 saturated carbocycles. The minimum absolute atomic E-state index is 0.0105. The molecule has 3 aliphatic heterocycles. The molecule has 4 rings (SSSR count). The molecule has 1 aromatic rings. The van der Waals surface area contributed by atoms with Crippen LogP contribution >= 0.6 is 0 Å². The molecular weight excluding hydrogens is 450 g/mol. The molecule has 0 unspecified atom stereocenters. The molecule has 1 amide bonds. The van der Waals surface area contributed by atoms with Crippen LogP contribution in [0.5, 0.6) is 0 Å². The number of oxime groups is 1. The van der Waals surface area contributed by atoms with Crippen LogP contribution in [0.3, 0.4) is 0 Å². The Morgan fingerprint density at radius 3 is 2.31 bits per heavy atom. The van der Waals surface area contributed by atoms with Crippen molar-refractivity contribution in [1.82, 2.24) is 14.8 Å². The van der Waals surface area contributed by atoms with Crippen LogP contribution in [0.1, 0.15) is 39.3 Å². The number of carbonyl (C=O) groups excluding carboxylic acids is 1. The van der Waals surface area contributed by atoms with Crippen LogP contribution in [0, 0.1) is 0 Å². The number of amidine groups is 1. The summed E-state index contributed by atoms with van der Waals surface area (Å²) < 4.78 is 11.0. The predicted octanol–water partition coefficient (Wildman–Crippen LogP) is 1.53. The minimum Gasteiger partial charge on any atom is -0.444 e. The number of carbonyl (C=O) groups is 1. The number of hydrogen-bond donors (Lipinski definition) is 2. The van der Waals surface area contributed by atoms with Gasteiger partial charge in [-0.2, -0.15) is 0 Å². The highest BCUT2D eigenvalue weighted by molar-refractivity contribution is 5.96. The van der Waals surface area contributed by atoms with Crippen molar-refractivity contribution in [2.24, 2.45) is 10.9 Å². The van der Waals surface area contributed by atoms with E-state index in [1.165, 1.54) is 0 Å². The Bertz CT molecular complexity index is 898. The number of aromatic nitrogens is 1. The van der Waals surface area contributed by atoms with Gasteiger partial charge in [-0.3, -0.25) is 4.90 Å². The summed E-state index contributed by atoms with van der Waals surface area (Å²) in [5.41, 5.74) is 6.83. The van der Waals surface area contributed by atoms with E-state index in [2.05, 4.69) is 25.9 Å². The van der Waals surface area contributed by atoms with Crippen molar-refractivity contribution in [3.63, 3.8) is 0 Å². The van der Waals surface area contributed by atoms with Crippen LogP contribution in [0.25, 0.3) is 0 Å².